The summed E-state index contributed by atoms with van der Waals surface area (Å²) in [4.78, 5) is 0. The average Bonchev–Trinajstić information content (AvgIpc) is 3.24. The number of hydrogen-bond donors (Lipinski definition) is 1. The van der Waals surface area contributed by atoms with Crippen LogP contribution in [0.1, 0.15) is 0 Å². The van der Waals surface area contributed by atoms with E-state index in [-0.39, 0.29) is 0 Å². The molecule has 2 aliphatic heterocycles. The number of alkyl halides is 3. The molecule has 0 aromatic heterocycles. The second kappa shape index (κ2) is 12.8. The molecule has 12 nitrogen and oxygen atoms in total. The fourth-order valence-electron chi connectivity index (χ4n) is 2.14. The molecule has 9 atom stereocenters. The first-order valence-corrected chi connectivity index (χ1v) is 11.4. The van der Waals surface area contributed by atoms with E-state index in [0.29, 0.717) is 0 Å². The van der Waals surface area contributed by atoms with E-state index in [0.717, 1.165) is 0 Å². The molecule has 0 bridgehead atoms. The molecule has 176 valence electrons. The lowest BCUT2D eigenvalue weighted by Gasteiger charge is -2.26. The molecule has 30 heavy (non-hydrogen) atoms. The van der Waals surface area contributed by atoms with E-state index in [1.165, 1.54) is 0 Å². The molecule has 0 aliphatic carbocycles. The van der Waals surface area contributed by atoms with Crippen molar-refractivity contribution in [1.82, 2.24) is 0 Å². The summed E-state index contributed by atoms with van der Waals surface area (Å²) in [5, 5.41) is 9.60. The van der Waals surface area contributed by atoms with Crippen LogP contribution in [0.5, 0.6) is 0 Å². The van der Waals surface area contributed by atoms with Gasteiger partial charge in [0.1, 0.15) is 20.0 Å². The van der Waals surface area contributed by atoms with Gasteiger partial charge in [0.05, 0.1) is 6.10 Å². The molecule has 0 aromatic carbocycles. The van der Waals surface area contributed by atoms with Crippen LogP contribution in [-0.2, 0) is 64.5 Å². The van der Waals surface area contributed by atoms with Crippen LogP contribution in [0.3, 0.4) is 0 Å². The SMILES string of the molecule is O=S([O-])CC(COB(OC1OS(=O)OC1CF)OC1OS(=O)OC1CF)C(O)CF. The van der Waals surface area contributed by atoms with Crippen molar-refractivity contribution in [3.8, 4) is 0 Å². The van der Waals surface area contributed by atoms with Crippen molar-refractivity contribution in [3.05, 3.63) is 0 Å². The first-order chi connectivity index (χ1) is 14.3. The zero-order chi connectivity index (χ0) is 22.3. The Bertz CT molecular complexity index is 589. The molecule has 1 N–H and O–H groups in total. The molecule has 2 aliphatic rings. The predicted octanol–water partition coefficient (Wildman–Crippen LogP) is -1.57. The van der Waals surface area contributed by atoms with E-state index in [9.17, 15) is 35.5 Å². The molecular formula is C11H17BF3O12S3-. The summed E-state index contributed by atoms with van der Waals surface area (Å²) in [6.07, 6.45) is -7.94. The van der Waals surface area contributed by atoms with Gasteiger partial charge in [0.15, 0.2) is 24.8 Å². The Labute approximate surface area is 176 Å². The number of aliphatic hydroxyl groups excluding tert-OH is 1. The topological polar surface area (TPSA) is 159 Å². The second-order valence-electron chi connectivity index (χ2n) is 5.76. The minimum atomic E-state index is -2.67. The van der Waals surface area contributed by atoms with Crippen LogP contribution in [-0.4, -0.2) is 92.9 Å². The van der Waals surface area contributed by atoms with Gasteiger partial charge in [-0.1, -0.05) is 11.1 Å². The van der Waals surface area contributed by atoms with Gasteiger partial charge in [-0.2, -0.15) is 8.42 Å². The van der Waals surface area contributed by atoms with Crippen LogP contribution in [0.4, 0.5) is 13.2 Å². The van der Waals surface area contributed by atoms with Gasteiger partial charge < -0.3 is 23.6 Å². The van der Waals surface area contributed by atoms with E-state index in [4.69, 9.17) is 14.0 Å². The Hall–Kier alpha value is -0.0551. The Morgan fingerprint density at radius 3 is 1.93 bits per heavy atom. The minimum Gasteiger partial charge on any atom is -0.772 e. The lowest BCUT2D eigenvalue weighted by Crippen LogP contribution is -2.44. The zero-order valence-corrected chi connectivity index (χ0v) is 17.3. The van der Waals surface area contributed by atoms with Gasteiger partial charge in [0, 0.05) is 18.3 Å². The summed E-state index contributed by atoms with van der Waals surface area (Å²) in [6.45, 7) is -4.34. The Morgan fingerprint density at radius 1 is 1.03 bits per heavy atom. The Kier molecular flexibility index (Phi) is 11.2. The van der Waals surface area contributed by atoms with Gasteiger partial charge in [-0.25, -0.2) is 21.5 Å². The third kappa shape index (κ3) is 7.82. The molecule has 0 saturated carbocycles. The van der Waals surface area contributed by atoms with Crippen LogP contribution in [0.15, 0.2) is 0 Å². The van der Waals surface area contributed by atoms with Gasteiger partial charge in [0.2, 0.25) is 0 Å². The average molecular weight is 505 g/mol. The summed E-state index contributed by atoms with van der Waals surface area (Å²) in [6, 6.07) is 0. The molecule has 0 spiro atoms. The van der Waals surface area contributed by atoms with Crippen LogP contribution < -0.4 is 0 Å². The lowest BCUT2D eigenvalue weighted by molar-refractivity contribution is -0.110. The number of halogens is 3. The van der Waals surface area contributed by atoms with Crippen LogP contribution in [0, 0.1) is 5.92 Å². The maximum atomic E-state index is 13.0. The van der Waals surface area contributed by atoms with Gasteiger partial charge >= 0.3 is 30.0 Å². The van der Waals surface area contributed by atoms with Gasteiger partial charge in [0.25, 0.3) is 0 Å². The highest BCUT2D eigenvalue weighted by Crippen LogP contribution is 2.24. The smallest absolute Gasteiger partial charge is 0.643 e. The van der Waals surface area contributed by atoms with Gasteiger partial charge in [-0.05, 0) is 0 Å². The number of aliphatic hydroxyl groups is 1. The Balaban J connectivity index is 2.08. The Morgan fingerprint density at radius 2 is 1.53 bits per heavy atom. The molecule has 19 heteroatoms. The summed E-state index contributed by atoms with van der Waals surface area (Å²) in [5.74, 6) is -1.97. The van der Waals surface area contributed by atoms with Crippen molar-refractivity contribution in [2.24, 2.45) is 5.92 Å². The molecule has 0 aromatic rings. The summed E-state index contributed by atoms with van der Waals surface area (Å²) in [7, 11) is -1.95. The van der Waals surface area contributed by atoms with Crippen molar-refractivity contribution in [3.63, 3.8) is 0 Å². The van der Waals surface area contributed by atoms with Crippen LogP contribution >= 0.6 is 0 Å². The molecule has 2 rings (SSSR count). The van der Waals surface area contributed by atoms with Crippen LogP contribution in [0.25, 0.3) is 0 Å². The van der Waals surface area contributed by atoms with Gasteiger partial charge in [-0.15, -0.1) is 0 Å². The van der Waals surface area contributed by atoms with Gasteiger partial charge in [-0.3, -0.25) is 12.6 Å². The highest BCUT2D eigenvalue weighted by molar-refractivity contribution is 7.79. The summed E-state index contributed by atoms with van der Waals surface area (Å²) >= 11 is -7.39. The maximum absolute atomic E-state index is 13.0. The summed E-state index contributed by atoms with van der Waals surface area (Å²) < 4.78 is 117. The van der Waals surface area contributed by atoms with Crippen molar-refractivity contribution in [2.45, 2.75) is 30.9 Å². The van der Waals surface area contributed by atoms with E-state index in [1.807, 2.05) is 0 Å². The number of rotatable bonds is 13. The lowest BCUT2D eigenvalue weighted by atomic mass is 10.1. The van der Waals surface area contributed by atoms with E-state index >= 15 is 0 Å². The molecule has 0 radical (unpaired) electrons. The molecule has 2 heterocycles. The fraction of sp³-hybridized carbons (Fsp3) is 1.00. The third-order valence-corrected chi connectivity index (χ3v) is 5.85. The monoisotopic (exact) mass is 505 g/mol. The minimum absolute atomic E-state index is 0.669. The molecule has 2 saturated heterocycles. The van der Waals surface area contributed by atoms with E-state index < -0.39 is 110 Å². The molecule has 0 amide bonds. The molecular weight excluding hydrogens is 488 g/mol. The molecule has 2 fully saturated rings. The summed E-state index contributed by atoms with van der Waals surface area (Å²) in [5.41, 5.74) is 0. The van der Waals surface area contributed by atoms with E-state index in [2.05, 4.69) is 16.7 Å². The first-order valence-electron chi connectivity index (χ1n) is 8.13. The van der Waals surface area contributed by atoms with Crippen molar-refractivity contribution in [2.75, 3.05) is 32.4 Å². The third-order valence-electron chi connectivity index (χ3n) is 3.65. The first kappa shape index (κ1) is 26.2. The maximum Gasteiger partial charge on any atom is 0.643 e. The second-order valence-corrected chi connectivity index (χ2v) is 8.29. The van der Waals surface area contributed by atoms with Crippen molar-refractivity contribution in [1.29, 1.82) is 0 Å². The van der Waals surface area contributed by atoms with Crippen LogP contribution in [0.2, 0.25) is 0 Å². The van der Waals surface area contributed by atoms with E-state index in [1.54, 1.807) is 0 Å². The van der Waals surface area contributed by atoms with Crippen molar-refractivity contribution >= 4 is 41.1 Å². The highest BCUT2D eigenvalue weighted by atomic mass is 32.2. The largest absolute Gasteiger partial charge is 0.772 e. The predicted molar refractivity (Wildman–Crippen MR) is 90.9 cm³/mol. The molecule has 9 unspecified atom stereocenters. The highest BCUT2D eigenvalue weighted by Gasteiger charge is 2.45. The quantitative estimate of drug-likeness (QED) is 0.227. The standard InChI is InChI=1S/C11H18BF3O12S3/c13-1-7(16)6(5-28(17)18)4-21-12(22-10-8(2-14)24-29(19)26-10)23-11-9(3-15)25-30(20)27-11/h6-11,16H,1-5H2,(H,17,18)/p-1. The number of hydrogen-bond acceptors (Lipinski definition) is 12. The van der Waals surface area contributed by atoms with Crippen molar-refractivity contribution < 1.29 is 66.2 Å². The fourth-order valence-corrected chi connectivity index (χ4v) is 4.23. The normalized spacial score (nSPS) is 34.7. The zero-order valence-electron chi connectivity index (χ0n) is 14.9.